The molecule has 0 bridgehead atoms. The number of hydrogen-bond acceptors (Lipinski definition) is 3. The van der Waals surface area contributed by atoms with Crippen LogP contribution in [0.2, 0.25) is 0 Å². The average molecular weight is 205 g/mol. The molecule has 1 aliphatic rings. The van der Waals surface area contributed by atoms with Gasteiger partial charge in [0.25, 0.3) is 5.91 Å². The SMILES string of the molecule is CCC(=O)c1ccc2c(c1)NC(=O)CO2. The second-order valence-corrected chi connectivity index (χ2v) is 3.32. The Bertz CT molecular complexity index is 426. The van der Waals surface area contributed by atoms with Crippen LogP contribution in [0.25, 0.3) is 0 Å². The molecule has 1 amide bonds. The third kappa shape index (κ3) is 1.83. The Morgan fingerprint density at radius 1 is 1.53 bits per heavy atom. The van der Waals surface area contributed by atoms with Crippen molar-refractivity contribution < 1.29 is 14.3 Å². The summed E-state index contributed by atoms with van der Waals surface area (Å²) in [7, 11) is 0. The lowest BCUT2D eigenvalue weighted by molar-refractivity contribution is -0.118. The maximum Gasteiger partial charge on any atom is 0.262 e. The minimum absolute atomic E-state index is 0.0358. The van der Waals surface area contributed by atoms with Gasteiger partial charge in [-0.15, -0.1) is 0 Å². The zero-order valence-electron chi connectivity index (χ0n) is 8.37. The normalized spacial score (nSPS) is 13.8. The molecule has 0 atom stereocenters. The van der Waals surface area contributed by atoms with E-state index in [1.54, 1.807) is 25.1 Å². The number of carbonyl (C=O) groups excluding carboxylic acids is 2. The van der Waals surface area contributed by atoms with Crippen molar-refractivity contribution in [1.82, 2.24) is 0 Å². The number of carbonyl (C=O) groups is 2. The van der Waals surface area contributed by atoms with Crippen molar-refractivity contribution in [3.8, 4) is 5.75 Å². The highest BCUT2D eigenvalue weighted by Gasteiger charge is 2.16. The summed E-state index contributed by atoms with van der Waals surface area (Å²) in [6.45, 7) is 1.84. The predicted octanol–water partition coefficient (Wildman–Crippen LogP) is 1.61. The fourth-order valence-electron chi connectivity index (χ4n) is 1.46. The molecule has 0 aromatic heterocycles. The van der Waals surface area contributed by atoms with Crippen LogP contribution in [0.15, 0.2) is 18.2 Å². The van der Waals surface area contributed by atoms with E-state index >= 15 is 0 Å². The van der Waals surface area contributed by atoms with Gasteiger partial charge in [-0.1, -0.05) is 6.92 Å². The summed E-state index contributed by atoms with van der Waals surface area (Å²) in [5, 5.41) is 2.66. The molecule has 4 heteroatoms. The molecule has 4 nitrogen and oxygen atoms in total. The second-order valence-electron chi connectivity index (χ2n) is 3.32. The molecule has 0 unspecified atom stereocenters. The minimum atomic E-state index is -0.191. The van der Waals surface area contributed by atoms with Crippen LogP contribution in [-0.2, 0) is 4.79 Å². The first-order valence-corrected chi connectivity index (χ1v) is 4.80. The van der Waals surface area contributed by atoms with Gasteiger partial charge >= 0.3 is 0 Å². The molecule has 0 saturated heterocycles. The van der Waals surface area contributed by atoms with Crippen molar-refractivity contribution in [3.05, 3.63) is 23.8 Å². The van der Waals surface area contributed by atoms with E-state index in [2.05, 4.69) is 5.32 Å². The summed E-state index contributed by atoms with van der Waals surface area (Å²) >= 11 is 0. The molecular weight excluding hydrogens is 194 g/mol. The number of amides is 1. The number of hydrogen-bond donors (Lipinski definition) is 1. The number of rotatable bonds is 2. The van der Waals surface area contributed by atoms with Crippen molar-refractivity contribution in [3.63, 3.8) is 0 Å². The summed E-state index contributed by atoms with van der Waals surface area (Å²) in [5.74, 6) is 0.475. The van der Waals surface area contributed by atoms with E-state index in [-0.39, 0.29) is 18.3 Å². The Morgan fingerprint density at radius 2 is 2.33 bits per heavy atom. The van der Waals surface area contributed by atoms with Crippen molar-refractivity contribution in [2.24, 2.45) is 0 Å². The lowest BCUT2D eigenvalue weighted by Gasteiger charge is -2.18. The molecule has 1 N–H and O–H groups in total. The molecule has 0 saturated carbocycles. The van der Waals surface area contributed by atoms with Crippen LogP contribution < -0.4 is 10.1 Å². The zero-order chi connectivity index (χ0) is 10.8. The van der Waals surface area contributed by atoms with Gasteiger partial charge in [0.1, 0.15) is 5.75 Å². The lowest BCUT2D eigenvalue weighted by atomic mass is 10.1. The Balaban J connectivity index is 2.36. The number of anilines is 1. The summed E-state index contributed by atoms with van der Waals surface area (Å²) in [5.41, 5.74) is 1.17. The summed E-state index contributed by atoms with van der Waals surface area (Å²) in [4.78, 5) is 22.5. The molecule has 1 aromatic rings. The van der Waals surface area contributed by atoms with Crippen LogP contribution in [-0.4, -0.2) is 18.3 Å². The highest BCUT2D eigenvalue weighted by atomic mass is 16.5. The van der Waals surface area contributed by atoms with Crippen molar-refractivity contribution in [2.75, 3.05) is 11.9 Å². The Kier molecular flexibility index (Phi) is 2.41. The summed E-state index contributed by atoms with van der Waals surface area (Å²) < 4.78 is 5.18. The van der Waals surface area contributed by atoms with Crippen molar-refractivity contribution >= 4 is 17.4 Å². The van der Waals surface area contributed by atoms with E-state index in [1.165, 1.54) is 0 Å². The number of ether oxygens (including phenoxy) is 1. The predicted molar refractivity (Wildman–Crippen MR) is 55.2 cm³/mol. The first kappa shape index (κ1) is 9.71. The van der Waals surface area contributed by atoms with Crippen molar-refractivity contribution in [1.29, 1.82) is 0 Å². The van der Waals surface area contributed by atoms with Crippen LogP contribution in [0.4, 0.5) is 5.69 Å². The molecule has 0 radical (unpaired) electrons. The van der Waals surface area contributed by atoms with E-state index in [1.807, 2.05) is 0 Å². The van der Waals surface area contributed by atoms with Crippen LogP contribution >= 0.6 is 0 Å². The maximum absolute atomic E-state index is 11.4. The first-order valence-electron chi connectivity index (χ1n) is 4.80. The van der Waals surface area contributed by atoms with Gasteiger partial charge < -0.3 is 10.1 Å². The third-order valence-electron chi connectivity index (χ3n) is 2.26. The molecule has 0 spiro atoms. The third-order valence-corrected chi connectivity index (χ3v) is 2.26. The molecule has 1 aromatic carbocycles. The van der Waals surface area contributed by atoms with Gasteiger partial charge in [-0.2, -0.15) is 0 Å². The van der Waals surface area contributed by atoms with Gasteiger partial charge in [0.2, 0.25) is 0 Å². The molecule has 1 heterocycles. The topological polar surface area (TPSA) is 55.4 Å². The molecule has 78 valence electrons. The standard InChI is InChI=1S/C11H11NO3/c1-2-9(13)7-3-4-10-8(5-7)12-11(14)6-15-10/h3-5H,2,6H2,1H3,(H,12,14). The van der Waals surface area contributed by atoms with Crippen LogP contribution in [0, 0.1) is 0 Å². The average Bonchev–Trinajstić information content (AvgIpc) is 2.27. The van der Waals surface area contributed by atoms with E-state index in [9.17, 15) is 9.59 Å². The van der Waals surface area contributed by atoms with Gasteiger partial charge in [0.05, 0.1) is 5.69 Å². The Hall–Kier alpha value is -1.84. The maximum atomic E-state index is 11.4. The summed E-state index contributed by atoms with van der Waals surface area (Å²) in [6, 6.07) is 5.07. The fraction of sp³-hybridized carbons (Fsp3) is 0.273. The lowest BCUT2D eigenvalue weighted by Crippen LogP contribution is -2.25. The van der Waals surface area contributed by atoms with Crippen LogP contribution in [0.3, 0.4) is 0 Å². The van der Waals surface area contributed by atoms with Crippen LogP contribution in [0.5, 0.6) is 5.75 Å². The van der Waals surface area contributed by atoms with Crippen LogP contribution in [0.1, 0.15) is 23.7 Å². The Labute approximate surface area is 87.2 Å². The molecule has 0 aliphatic carbocycles. The number of Topliss-reactive ketones (excluding diaryl/α,β-unsaturated/α-hetero) is 1. The highest BCUT2D eigenvalue weighted by molar-refractivity contribution is 6.00. The number of benzene rings is 1. The largest absolute Gasteiger partial charge is 0.482 e. The summed E-state index contributed by atoms with van der Waals surface area (Å²) in [6.07, 6.45) is 0.452. The quantitative estimate of drug-likeness (QED) is 0.746. The molecule has 15 heavy (non-hydrogen) atoms. The van der Waals surface area contributed by atoms with E-state index in [0.717, 1.165) is 0 Å². The minimum Gasteiger partial charge on any atom is -0.482 e. The van der Waals surface area contributed by atoms with Gasteiger partial charge in [-0.05, 0) is 18.2 Å². The zero-order valence-corrected chi connectivity index (χ0v) is 8.37. The van der Waals surface area contributed by atoms with Gasteiger partial charge in [-0.3, -0.25) is 9.59 Å². The molecule has 0 fully saturated rings. The monoisotopic (exact) mass is 205 g/mol. The molecular formula is C11H11NO3. The first-order chi connectivity index (χ1) is 7.20. The highest BCUT2D eigenvalue weighted by Crippen LogP contribution is 2.28. The van der Waals surface area contributed by atoms with E-state index in [0.29, 0.717) is 23.4 Å². The Morgan fingerprint density at radius 3 is 3.07 bits per heavy atom. The van der Waals surface area contributed by atoms with Gasteiger partial charge in [0, 0.05) is 12.0 Å². The van der Waals surface area contributed by atoms with Crippen molar-refractivity contribution in [2.45, 2.75) is 13.3 Å². The molecule has 2 rings (SSSR count). The molecule has 1 aliphatic heterocycles. The number of fused-ring (bicyclic) bond motifs is 1. The smallest absolute Gasteiger partial charge is 0.262 e. The van der Waals surface area contributed by atoms with Gasteiger partial charge in [0.15, 0.2) is 12.4 Å². The second kappa shape index (κ2) is 3.73. The fourth-order valence-corrected chi connectivity index (χ4v) is 1.46. The number of nitrogens with one attached hydrogen (secondary N) is 1. The van der Waals surface area contributed by atoms with E-state index in [4.69, 9.17) is 4.74 Å². The number of ketones is 1. The van der Waals surface area contributed by atoms with Gasteiger partial charge in [-0.25, -0.2) is 0 Å². The van der Waals surface area contributed by atoms with E-state index < -0.39 is 0 Å².